The van der Waals surface area contributed by atoms with Crippen molar-refractivity contribution in [2.24, 2.45) is 0 Å². The van der Waals surface area contributed by atoms with Crippen molar-refractivity contribution >= 4 is 28.9 Å². The van der Waals surface area contributed by atoms with Crippen LogP contribution in [0.2, 0.25) is 0 Å². The largest absolute Gasteiger partial charge is 0.484 e. The molecule has 0 unspecified atom stereocenters. The first kappa shape index (κ1) is 18.6. The number of carbonyl (C=O) groups is 1. The molecular formula is C22H20N2O2S. The highest BCUT2D eigenvalue weighted by atomic mass is 32.1. The normalized spacial score (nSPS) is 10.1. The van der Waals surface area contributed by atoms with Gasteiger partial charge in [0.25, 0.3) is 5.91 Å². The Labute approximate surface area is 164 Å². The lowest BCUT2D eigenvalue weighted by Crippen LogP contribution is -2.37. The highest BCUT2D eigenvalue weighted by Crippen LogP contribution is 2.27. The summed E-state index contributed by atoms with van der Waals surface area (Å²) in [6.07, 6.45) is 0. The first-order valence-electron chi connectivity index (χ1n) is 8.56. The van der Waals surface area contributed by atoms with Gasteiger partial charge in [0.05, 0.1) is 0 Å². The molecule has 5 heteroatoms. The van der Waals surface area contributed by atoms with Gasteiger partial charge in [-0.25, -0.2) is 0 Å². The number of hydrogen-bond acceptors (Lipinski definition) is 3. The fraction of sp³-hybridized carbons (Fsp3) is 0.0909. The predicted octanol–water partition coefficient (Wildman–Crippen LogP) is 4.55. The van der Waals surface area contributed by atoms with Gasteiger partial charge in [0, 0.05) is 11.3 Å². The van der Waals surface area contributed by atoms with Crippen LogP contribution in [-0.4, -0.2) is 17.6 Å². The number of amides is 1. The Kier molecular flexibility index (Phi) is 6.18. The average molecular weight is 376 g/mol. The number of carbonyl (C=O) groups excluding carboxylic acids is 1. The number of nitrogens with one attached hydrogen (secondary N) is 2. The fourth-order valence-corrected chi connectivity index (χ4v) is 2.79. The second kappa shape index (κ2) is 8.96. The van der Waals surface area contributed by atoms with Gasteiger partial charge in [-0.15, -0.1) is 0 Å². The van der Waals surface area contributed by atoms with Crippen molar-refractivity contribution in [3.05, 3.63) is 84.4 Å². The SMILES string of the molecule is Cc1ccc(OCC(=O)NC(=S)Nc2ccccc2-c2ccccc2)cc1. The molecule has 0 aliphatic carbocycles. The van der Waals surface area contributed by atoms with Gasteiger partial charge in [0.1, 0.15) is 5.75 Å². The molecule has 0 saturated carbocycles. The standard InChI is InChI=1S/C22H20N2O2S/c1-16-11-13-18(14-12-16)26-15-21(25)24-22(27)23-20-10-6-5-9-19(20)17-7-3-2-4-8-17/h2-14H,15H2,1H3,(H2,23,24,25,27). The van der Waals surface area contributed by atoms with Crippen LogP contribution in [0.3, 0.4) is 0 Å². The average Bonchev–Trinajstić information content (AvgIpc) is 2.68. The van der Waals surface area contributed by atoms with E-state index in [4.69, 9.17) is 17.0 Å². The summed E-state index contributed by atoms with van der Waals surface area (Å²) >= 11 is 5.27. The zero-order chi connectivity index (χ0) is 19.1. The molecule has 0 aromatic heterocycles. The Morgan fingerprint density at radius 2 is 1.59 bits per heavy atom. The van der Waals surface area contributed by atoms with Gasteiger partial charge in [-0.2, -0.15) is 0 Å². The van der Waals surface area contributed by atoms with Crippen LogP contribution in [0.25, 0.3) is 11.1 Å². The fourth-order valence-electron chi connectivity index (χ4n) is 2.56. The maximum atomic E-state index is 12.1. The monoisotopic (exact) mass is 376 g/mol. The Hall–Kier alpha value is -3.18. The molecule has 0 heterocycles. The van der Waals surface area contributed by atoms with E-state index in [0.717, 1.165) is 22.4 Å². The summed E-state index contributed by atoms with van der Waals surface area (Å²) in [5.74, 6) is 0.328. The quantitative estimate of drug-likeness (QED) is 0.641. The number of anilines is 1. The summed E-state index contributed by atoms with van der Waals surface area (Å²) in [7, 11) is 0. The summed E-state index contributed by atoms with van der Waals surface area (Å²) in [5, 5.41) is 5.97. The van der Waals surface area contributed by atoms with Gasteiger partial charge in [0.15, 0.2) is 11.7 Å². The Morgan fingerprint density at radius 1 is 0.926 bits per heavy atom. The van der Waals surface area contributed by atoms with Crippen molar-refractivity contribution < 1.29 is 9.53 Å². The Bertz CT molecular complexity index is 925. The molecule has 27 heavy (non-hydrogen) atoms. The van der Waals surface area contributed by atoms with Crippen LogP contribution in [0.15, 0.2) is 78.9 Å². The van der Waals surface area contributed by atoms with Crippen LogP contribution < -0.4 is 15.4 Å². The third-order valence-electron chi connectivity index (χ3n) is 3.90. The van der Waals surface area contributed by atoms with Gasteiger partial charge in [-0.05, 0) is 42.9 Å². The van der Waals surface area contributed by atoms with Gasteiger partial charge < -0.3 is 10.1 Å². The van der Waals surface area contributed by atoms with Crippen LogP contribution in [0.5, 0.6) is 5.75 Å². The van der Waals surface area contributed by atoms with Gasteiger partial charge in [0.2, 0.25) is 0 Å². The van der Waals surface area contributed by atoms with E-state index in [-0.39, 0.29) is 17.6 Å². The van der Waals surface area contributed by atoms with E-state index >= 15 is 0 Å². The summed E-state index contributed by atoms with van der Waals surface area (Å²) in [5.41, 5.74) is 4.03. The molecule has 0 spiro atoms. The summed E-state index contributed by atoms with van der Waals surface area (Å²) in [6, 6.07) is 25.3. The molecule has 3 aromatic rings. The smallest absolute Gasteiger partial charge is 0.264 e. The van der Waals surface area contributed by atoms with E-state index < -0.39 is 0 Å². The molecule has 3 aromatic carbocycles. The molecule has 0 aliphatic rings. The molecule has 0 saturated heterocycles. The van der Waals surface area contributed by atoms with Gasteiger partial charge in [-0.3, -0.25) is 10.1 Å². The number of ether oxygens (including phenoxy) is 1. The molecule has 2 N–H and O–H groups in total. The van der Waals surface area contributed by atoms with Crippen LogP contribution in [0.4, 0.5) is 5.69 Å². The summed E-state index contributed by atoms with van der Waals surface area (Å²) in [4.78, 5) is 12.1. The lowest BCUT2D eigenvalue weighted by atomic mass is 10.0. The molecule has 0 aliphatic heterocycles. The van der Waals surface area contributed by atoms with Crippen molar-refractivity contribution in [1.29, 1.82) is 0 Å². The molecule has 0 radical (unpaired) electrons. The van der Waals surface area contributed by atoms with Crippen molar-refractivity contribution in [2.45, 2.75) is 6.92 Å². The van der Waals surface area contributed by atoms with E-state index in [1.807, 2.05) is 85.8 Å². The molecule has 0 atom stereocenters. The highest BCUT2D eigenvalue weighted by molar-refractivity contribution is 7.80. The predicted molar refractivity (Wildman–Crippen MR) is 113 cm³/mol. The van der Waals surface area contributed by atoms with Crippen LogP contribution in [0, 0.1) is 6.92 Å². The van der Waals surface area contributed by atoms with Crippen molar-refractivity contribution in [1.82, 2.24) is 5.32 Å². The molecular weight excluding hydrogens is 356 g/mol. The van der Waals surface area contributed by atoms with Crippen LogP contribution >= 0.6 is 12.2 Å². The minimum atomic E-state index is -0.315. The first-order valence-corrected chi connectivity index (χ1v) is 8.97. The van der Waals surface area contributed by atoms with Crippen LogP contribution in [0.1, 0.15) is 5.56 Å². The number of aryl methyl sites for hydroxylation is 1. The lowest BCUT2D eigenvalue weighted by Gasteiger charge is -2.14. The topological polar surface area (TPSA) is 50.4 Å². The minimum absolute atomic E-state index is 0.106. The van der Waals surface area contributed by atoms with Crippen molar-refractivity contribution in [2.75, 3.05) is 11.9 Å². The van der Waals surface area contributed by atoms with E-state index in [2.05, 4.69) is 10.6 Å². The van der Waals surface area contributed by atoms with Crippen molar-refractivity contribution in [3.8, 4) is 16.9 Å². The summed E-state index contributed by atoms with van der Waals surface area (Å²) in [6.45, 7) is 1.89. The van der Waals surface area contributed by atoms with Gasteiger partial charge in [-0.1, -0.05) is 66.2 Å². The molecule has 136 valence electrons. The third kappa shape index (κ3) is 5.39. The molecule has 0 fully saturated rings. The minimum Gasteiger partial charge on any atom is -0.484 e. The lowest BCUT2D eigenvalue weighted by molar-refractivity contribution is -0.121. The number of rotatable bonds is 5. The van der Waals surface area contributed by atoms with E-state index in [1.165, 1.54) is 0 Å². The molecule has 1 amide bonds. The highest BCUT2D eigenvalue weighted by Gasteiger charge is 2.09. The Morgan fingerprint density at radius 3 is 2.33 bits per heavy atom. The van der Waals surface area contributed by atoms with E-state index in [0.29, 0.717) is 5.75 Å². The molecule has 0 bridgehead atoms. The molecule has 3 rings (SSSR count). The van der Waals surface area contributed by atoms with E-state index in [9.17, 15) is 4.79 Å². The van der Waals surface area contributed by atoms with Crippen molar-refractivity contribution in [3.63, 3.8) is 0 Å². The number of benzene rings is 3. The van der Waals surface area contributed by atoms with Crippen LogP contribution in [-0.2, 0) is 4.79 Å². The van der Waals surface area contributed by atoms with E-state index in [1.54, 1.807) is 0 Å². The Balaban J connectivity index is 1.58. The zero-order valence-electron chi connectivity index (χ0n) is 14.9. The summed E-state index contributed by atoms with van der Waals surface area (Å²) < 4.78 is 5.47. The first-order chi connectivity index (χ1) is 13.1. The maximum Gasteiger partial charge on any atom is 0.264 e. The number of para-hydroxylation sites is 1. The second-order valence-electron chi connectivity index (χ2n) is 6.02. The number of hydrogen-bond donors (Lipinski definition) is 2. The third-order valence-corrected chi connectivity index (χ3v) is 4.11. The zero-order valence-corrected chi connectivity index (χ0v) is 15.8. The second-order valence-corrected chi connectivity index (χ2v) is 6.42. The number of thiocarbonyl (C=S) groups is 1. The maximum absolute atomic E-state index is 12.1. The molecule has 4 nitrogen and oxygen atoms in total. The van der Waals surface area contributed by atoms with Gasteiger partial charge >= 0.3 is 0 Å².